The van der Waals surface area contributed by atoms with Crippen LogP contribution in [0.4, 0.5) is 14.6 Å². The van der Waals surface area contributed by atoms with E-state index in [9.17, 15) is 17.2 Å². The summed E-state index contributed by atoms with van der Waals surface area (Å²) < 4.78 is 53.8. The molecule has 0 aromatic carbocycles. The molecule has 1 saturated heterocycles. The zero-order chi connectivity index (χ0) is 19.9. The van der Waals surface area contributed by atoms with Gasteiger partial charge in [0.1, 0.15) is 17.2 Å². The zero-order valence-corrected chi connectivity index (χ0v) is 15.6. The fourth-order valence-electron chi connectivity index (χ4n) is 3.19. The van der Waals surface area contributed by atoms with E-state index >= 15 is 0 Å². The highest BCUT2D eigenvalue weighted by Gasteiger charge is 2.33. The Labute approximate surface area is 159 Å². The average Bonchev–Trinajstić information content (AvgIpc) is 3.35. The third kappa shape index (κ3) is 3.29. The maximum Gasteiger partial charge on any atom is 0.281 e. The number of alkyl halides is 2. The Bertz CT molecular complexity index is 1120. The number of rotatable bonds is 5. The molecule has 0 spiro atoms. The molecule has 3 aromatic heterocycles. The first kappa shape index (κ1) is 18.6. The summed E-state index contributed by atoms with van der Waals surface area (Å²) in [6.07, 6.45) is 3.30. The maximum atomic E-state index is 13.0. The molecule has 0 saturated carbocycles. The number of imidazole rings is 1. The first-order valence-corrected chi connectivity index (χ1v) is 10.1. The SMILES string of the molecule is CNS(=O)(=O)C1CCN(c2ccnc(-c3cnc4cnc(C(F)F)cn34)n2)C1. The van der Waals surface area contributed by atoms with E-state index in [1.807, 2.05) is 4.90 Å². The fourth-order valence-corrected chi connectivity index (χ4v) is 4.31. The van der Waals surface area contributed by atoms with Gasteiger partial charge in [-0.25, -0.2) is 41.9 Å². The fraction of sp³-hybridized carbons (Fsp3) is 0.375. The number of anilines is 1. The molecular formula is C16H17F2N7O2S. The minimum Gasteiger partial charge on any atom is -0.355 e. The van der Waals surface area contributed by atoms with E-state index in [1.54, 1.807) is 12.3 Å². The number of fused-ring (bicyclic) bond motifs is 1. The molecule has 1 atom stereocenters. The molecule has 1 fully saturated rings. The van der Waals surface area contributed by atoms with Gasteiger partial charge in [0.25, 0.3) is 6.43 Å². The monoisotopic (exact) mass is 409 g/mol. The van der Waals surface area contributed by atoms with Gasteiger partial charge in [0.2, 0.25) is 10.0 Å². The van der Waals surface area contributed by atoms with Crippen molar-refractivity contribution in [1.29, 1.82) is 0 Å². The molecule has 3 aromatic rings. The number of nitrogens with one attached hydrogen (secondary N) is 1. The van der Waals surface area contributed by atoms with Crippen LogP contribution in [0.3, 0.4) is 0 Å². The minimum absolute atomic E-state index is 0.302. The molecule has 4 rings (SSSR count). The summed E-state index contributed by atoms with van der Waals surface area (Å²) in [5, 5.41) is -0.522. The van der Waals surface area contributed by atoms with Gasteiger partial charge in [-0.15, -0.1) is 0 Å². The van der Waals surface area contributed by atoms with Crippen LogP contribution in [-0.2, 0) is 10.0 Å². The van der Waals surface area contributed by atoms with Crippen LogP contribution in [0, 0.1) is 0 Å². The maximum absolute atomic E-state index is 13.0. The standard InChI is InChI=1S/C16H17F2N7O2S/c1-19-28(26,27)10-3-5-24(8-10)13-2-4-20-16(23-13)12-6-22-14-7-21-11(15(17)18)9-25(12)14/h2,4,6-7,9-10,15,19H,3,5,8H2,1H3. The molecule has 148 valence electrons. The van der Waals surface area contributed by atoms with Gasteiger partial charge in [-0.2, -0.15) is 0 Å². The first-order chi connectivity index (χ1) is 13.4. The second-order valence-corrected chi connectivity index (χ2v) is 8.49. The lowest BCUT2D eigenvalue weighted by atomic mass is 10.4. The number of nitrogens with zero attached hydrogens (tertiary/aromatic N) is 6. The Hall–Kier alpha value is -2.73. The summed E-state index contributed by atoms with van der Waals surface area (Å²) in [5.41, 5.74) is 0.469. The Morgan fingerprint density at radius 2 is 2.07 bits per heavy atom. The van der Waals surface area contributed by atoms with Crippen LogP contribution in [0.2, 0.25) is 0 Å². The molecule has 0 amide bonds. The van der Waals surface area contributed by atoms with Gasteiger partial charge in [0, 0.05) is 25.5 Å². The number of aromatic nitrogens is 5. The van der Waals surface area contributed by atoms with Gasteiger partial charge in [0.15, 0.2) is 11.5 Å². The number of hydrogen-bond donors (Lipinski definition) is 1. The van der Waals surface area contributed by atoms with Crippen molar-refractivity contribution < 1.29 is 17.2 Å². The second-order valence-electron chi connectivity index (χ2n) is 6.33. The van der Waals surface area contributed by atoms with Crippen molar-refractivity contribution in [3.63, 3.8) is 0 Å². The van der Waals surface area contributed by atoms with Crippen LogP contribution < -0.4 is 9.62 Å². The van der Waals surface area contributed by atoms with Gasteiger partial charge in [-0.05, 0) is 19.5 Å². The van der Waals surface area contributed by atoms with E-state index in [2.05, 4.69) is 24.7 Å². The van der Waals surface area contributed by atoms with E-state index in [-0.39, 0.29) is 5.69 Å². The van der Waals surface area contributed by atoms with E-state index in [1.165, 1.54) is 30.0 Å². The molecular weight excluding hydrogens is 392 g/mol. The average molecular weight is 409 g/mol. The quantitative estimate of drug-likeness (QED) is 0.676. The highest BCUT2D eigenvalue weighted by Crippen LogP contribution is 2.25. The lowest BCUT2D eigenvalue weighted by Gasteiger charge is -2.17. The van der Waals surface area contributed by atoms with Gasteiger partial charge in [-0.1, -0.05) is 0 Å². The third-order valence-corrected chi connectivity index (χ3v) is 6.53. The Kier molecular flexibility index (Phi) is 4.67. The molecule has 0 radical (unpaired) electrons. The predicted octanol–water partition coefficient (Wildman–Crippen LogP) is 1.25. The van der Waals surface area contributed by atoms with Gasteiger partial charge in [0.05, 0.1) is 17.6 Å². The summed E-state index contributed by atoms with van der Waals surface area (Å²) >= 11 is 0. The van der Waals surface area contributed by atoms with Crippen molar-refractivity contribution in [3.8, 4) is 11.5 Å². The molecule has 1 unspecified atom stereocenters. The van der Waals surface area contributed by atoms with Crippen LogP contribution in [-0.4, -0.2) is 58.1 Å². The summed E-state index contributed by atoms with van der Waals surface area (Å²) in [6, 6.07) is 1.69. The van der Waals surface area contributed by atoms with Crippen molar-refractivity contribution in [2.24, 2.45) is 0 Å². The Morgan fingerprint density at radius 1 is 1.25 bits per heavy atom. The molecule has 0 bridgehead atoms. The molecule has 12 heteroatoms. The van der Waals surface area contributed by atoms with Crippen LogP contribution in [0.25, 0.3) is 17.2 Å². The topological polar surface area (TPSA) is 105 Å². The van der Waals surface area contributed by atoms with E-state index in [0.717, 1.165) is 0 Å². The van der Waals surface area contributed by atoms with E-state index in [4.69, 9.17) is 0 Å². The van der Waals surface area contributed by atoms with Crippen molar-refractivity contribution >= 4 is 21.5 Å². The normalized spacial score (nSPS) is 17.7. The van der Waals surface area contributed by atoms with Gasteiger partial charge >= 0.3 is 0 Å². The zero-order valence-electron chi connectivity index (χ0n) is 14.8. The highest BCUT2D eigenvalue weighted by molar-refractivity contribution is 7.90. The largest absolute Gasteiger partial charge is 0.355 e. The smallest absolute Gasteiger partial charge is 0.281 e. The predicted molar refractivity (Wildman–Crippen MR) is 97.6 cm³/mol. The summed E-state index contributed by atoms with van der Waals surface area (Å²) in [5.74, 6) is 0.869. The second kappa shape index (κ2) is 7.02. The number of halogens is 2. The van der Waals surface area contributed by atoms with Crippen molar-refractivity contribution in [2.45, 2.75) is 18.1 Å². The van der Waals surface area contributed by atoms with E-state index in [0.29, 0.717) is 42.5 Å². The molecule has 9 nitrogen and oxygen atoms in total. The van der Waals surface area contributed by atoms with Crippen molar-refractivity contribution in [1.82, 2.24) is 29.1 Å². The van der Waals surface area contributed by atoms with Crippen LogP contribution >= 0.6 is 0 Å². The Morgan fingerprint density at radius 3 is 2.82 bits per heavy atom. The number of sulfonamides is 1. The lowest BCUT2D eigenvalue weighted by Crippen LogP contribution is -2.34. The van der Waals surface area contributed by atoms with Gasteiger partial charge in [-0.3, -0.25) is 4.40 Å². The summed E-state index contributed by atoms with van der Waals surface area (Å²) in [7, 11) is -1.96. The van der Waals surface area contributed by atoms with E-state index < -0.39 is 21.7 Å². The van der Waals surface area contributed by atoms with Crippen molar-refractivity contribution in [2.75, 3.05) is 25.0 Å². The molecule has 0 aliphatic carbocycles. The van der Waals surface area contributed by atoms with Crippen molar-refractivity contribution in [3.05, 3.63) is 36.5 Å². The third-order valence-electron chi connectivity index (χ3n) is 4.70. The van der Waals surface area contributed by atoms with Crippen LogP contribution in [0.15, 0.2) is 30.9 Å². The van der Waals surface area contributed by atoms with Gasteiger partial charge < -0.3 is 4.90 Å². The molecule has 28 heavy (non-hydrogen) atoms. The molecule has 1 N–H and O–H groups in total. The molecule has 1 aliphatic heterocycles. The molecule has 4 heterocycles. The highest BCUT2D eigenvalue weighted by atomic mass is 32.2. The Balaban J connectivity index is 1.67. The summed E-state index contributed by atoms with van der Waals surface area (Å²) in [6.45, 7) is 0.848. The summed E-state index contributed by atoms with van der Waals surface area (Å²) in [4.78, 5) is 18.4. The van der Waals surface area contributed by atoms with Crippen LogP contribution in [0.1, 0.15) is 18.5 Å². The number of hydrogen-bond acceptors (Lipinski definition) is 7. The van der Waals surface area contributed by atoms with Crippen LogP contribution in [0.5, 0.6) is 0 Å². The lowest BCUT2D eigenvalue weighted by molar-refractivity contribution is 0.145. The minimum atomic E-state index is -3.36. The molecule has 1 aliphatic rings. The first-order valence-electron chi connectivity index (χ1n) is 8.51.